The Morgan fingerprint density at radius 3 is 2.66 bits per heavy atom. The second-order valence-corrected chi connectivity index (χ2v) is 8.04. The summed E-state index contributed by atoms with van der Waals surface area (Å²) < 4.78 is 5.79. The molecule has 0 spiro atoms. The van der Waals surface area contributed by atoms with Crippen LogP contribution in [0.4, 0.5) is 0 Å². The number of aryl methyl sites for hydroxylation is 2. The van der Waals surface area contributed by atoms with Crippen LogP contribution in [-0.4, -0.2) is 42.0 Å². The van der Waals surface area contributed by atoms with Crippen LogP contribution in [-0.2, 0) is 6.54 Å². The highest BCUT2D eigenvalue weighted by molar-refractivity contribution is 6.40. The lowest BCUT2D eigenvalue weighted by Crippen LogP contribution is -2.28. The molecule has 1 aliphatic rings. The molecule has 2 N–H and O–H groups in total. The number of nitrogens with zero attached hydrogens (tertiary/aromatic N) is 1. The van der Waals surface area contributed by atoms with Crippen molar-refractivity contribution >= 4 is 29.1 Å². The molecule has 8 heteroatoms. The lowest BCUT2D eigenvalue weighted by Gasteiger charge is -2.17. The summed E-state index contributed by atoms with van der Waals surface area (Å²) in [7, 11) is 0. The van der Waals surface area contributed by atoms with E-state index in [9.17, 15) is 9.59 Å². The van der Waals surface area contributed by atoms with E-state index in [1.807, 2.05) is 19.9 Å². The van der Waals surface area contributed by atoms with Crippen LogP contribution in [0.5, 0.6) is 5.75 Å². The molecule has 0 radical (unpaired) electrons. The van der Waals surface area contributed by atoms with Crippen LogP contribution in [0.3, 0.4) is 0 Å². The predicted molar refractivity (Wildman–Crippen MR) is 115 cm³/mol. The van der Waals surface area contributed by atoms with E-state index < -0.39 is 5.91 Å². The van der Waals surface area contributed by atoms with E-state index in [1.54, 1.807) is 12.1 Å². The quantitative estimate of drug-likeness (QED) is 0.692. The summed E-state index contributed by atoms with van der Waals surface area (Å²) in [4.78, 5) is 29.9. The fourth-order valence-corrected chi connectivity index (χ4v) is 4.10. The first-order chi connectivity index (χ1) is 13.9. The molecule has 2 aromatic rings. The minimum Gasteiger partial charge on any atom is -0.491 e. The highest BCUT2D eigenvalue weighted by atomic mass is 35.5. The molecule has 1 fully saturated rings. The topological polar surface area (TPSA) is 74.4 Å². The molecule has 2 heterocycles. The van der Waals surface area contributed by atoms with Gasteiger partial charge in [-0.05, 0) is 63.5 Å². The number of aromatic nitrogens is 1. The number of halogens is 2. The lowest BCUT2D eigenvalue weighted by atomic mass is 10.1. The van der Waals surface area contributed by atoms with E-state index in [0.29, 0.717) is 17.9 Å². The molecule has 1 aromatic heterocycles. The van der Waals surface area contributed by atoms with Gasteiger partial charge in [-0.1, -0.05) is 23.2 Å². The van der Waals surface area contributed by atoms with Crippen molar-refractivity contribution in [3.63, 3.8) is 0 Å². The van der Waals surface area contributed by atoms with Gasteiger partial charge in [0.25, 0.3) is 11.5 Å². The first kappa shape index (κ1) is 21.7. The van der Waals surface area contributed by atoms with Gasteiger partial charge in [0.1, 0.15) is 12.4 Å². The van der Waals surface area contributed by atoms with Crippen molar-refractivity contribution in [2.75, 3.05) is 26.2 Å². The summed E-state index contributed by atoms with van der Waals surface area (Å²) in [5.41, 5.74) is 2.00. The summed E-state index contributed by atoms with van der Waals surface area (Å²) in [5.74, 6) is -0.0332. The molecule has 156 valence electrons. The highest BCUT2D eigenvalue weighted by Gasteiger charge is 2.20. The third-order valence-electron chi connectivity index (χ3n) is 5.07. The zero-order chi connectivity index (χ0) is 21.0. The normalized spacial score (nSPS) is 14.2. The minimum atomic E-state index is -0.454. The maximum atomic E-state index is 12.7. The summed E-state index contributed by atoms with van der Waals surface area (Å²) in [5, 5.41) is 3.14. The van der Waals surface area contributed by atoms with Gasteiger partial charge in [0.15, 0.2) is 0 Å². The number of amides is 1. The van der Waals surface area contributed by atoms with Gasteiger partial charge in [-0.3, -0.25) is 14.5 Å². The standard InChI is InChI=1S/C21H25Cl2N3O3/c1-13-11-14(2)25-20(27)15(13)12-24-21(28)18-16(22)5-6-17(19(18)23)29-10-9-26-7-3-4-8-26/h5-6,11H,3-4,7-10,12H2,1-2H3,(H,24,28)(H,25,27). The Hall–Kier alpha value is -2.02. The number of ether oxygens (including phenoxy) is 1. The van der Waals surface area contributed by atoms with Crippen molar-refractivity contribution in [3.05, 3.63) is 61.0 Å². The van der Waals surface area contributed by atoms with Gasteiger partial charge in [-0.2, -0.15) is 0 Å². The van der Waals surface area contributed by atoms with Crippen molar-refractivity contribution in [2.45, 2.75) is 33.2 Å². The van der Waals surface area contributed by atoms with Crippen LogP contribution in [0.2, 0.25) is 10.0 Å². The van der Waals surface area contributed by atoms with E-state index in [2.05, 4.69) is 15.2 Å². The summed E-state index contributed by atoms with van der Waals surface area (Å²) >= 11 is 12.6. The van der Waals surface area contributed by atoms with Gasteiger partial charge in [-0.15, -0.1) is 0 Å². The molecular formula is C21H25Cl2N3O3. The summed E-state index contributed by atoms with van der Waals surface area (Å²) in [6.07, 6.45) is 2.44. The molecular weight excluding hydrogens is 413 g/mol. The summed E-state index contributed by atoms with van der Waals surface area (Å²) in [6.45, 7) is 7.19. The fourth-order valence-electron chi connectivity index (χ4n) is 3.50. The molecule has 0 saturated carbocycles. The maximum absolute atomic E-state index is 12.7. The monoisotopic (exact) mass is 437 g/mol. The fraction of sp³-hybridized carbons (Fsp3) is 0.429. The SMILES string of the molecule is Cc1cc(C)c(CNC(=O)c2c(Cl)ccc(OCCN3CCCC3)c2Cl)c(=O)[nH]1. The molecule has 6 nitrogen and oxygen atoms in total. The first-order valence-corrected chi connectivity index (χ1v) is 10.4. The lowest BCUT2D eigenvalue weighted by molar-refractivity contribution is 0.0950. The number of pyridine rings is 1. The highest BCUT2D eigenvalue weighted by Crippen LogP contribution is 2.33. The maximum Gasteiger partial charge on any atom is 0.254 e. The van der Waals surface area contributed by atoms with Gasteiger partial charge in [-0.25, -0.2) is 0 Å². The first-order valence-electron chi connectivity index (χ1n) is 9.67. The Balaban J connectivity index is 1.68. The number of hydrogen-bond acceptors (Lipinski definition) is 4. The average Bonchev–Trinajstić information content (AvgIpc) is 3.16. The second-order valence-electron chi connectivity index (χ2n) is 7.26. The van der Waals surface area contributed by atoms with Crippen molar-refractivity contribution in [1.82, 2.24) is 15.2 Å². The molecule has 1 saturated heterocycles. The van der Waals surface area contributed by atoms with Crippen LogP contribution in [0, 0.1) is 13.8 Å². The molecule has 0 bridgehead atoms. The third-order valence-corrected chi connectivity index (χ3v) is 5.76. The zero-order valence-corrected chi connectivity index (χ0v) is 18.1. The van der Waals surface area contributed by atoms with Crippen LogP contribution in [0.15, 0.2) is 23.0 Å². The Kier molecular flexibility index (Phi) is 7.22. The number of aromatic amines is 1. The number of H-pyrrole nitrogens is 1. The minimum absolute atomic E-state index is 0.0764. The number of benzene rings is 1. The molecule has 3 rings (SSSR count). The van der Waals surface area contributed by atoms with Gasteiger partial charge in [0, 0.05) is 24.3 Å². The van der Waals surface area contributed by atoms with E-state index in [-0.39, 0.29) is 27.7 Å². The molecule has 1 aliphatic heterocycles. The zero-order valence-electron chi connectivity index (χ0n) is 16.6. The second kappa shape index (κ2) is 9.65. The van der Waals surface area contributed by atoms with Crippen LogP contribution >= 0.6 is 23.2 Å². The Labute approximate surface area is 180 Å². The molecule has 0 atom stereocenters. The van der Waals surface area contributed by atoms with Gasteiger partial charge in [0.2, 0.25) is 0 Å². The summed E-state index contributed by atoms with van der Waals surface area (Å²) in [6, 6.07) is 5.12. The average molecular weight is 438 g/mol. The Morgan fingerprint density at radius 1 is 1.24 bits per heavy atom. The van der Waals surface area contributed by atoms with Crippen LogP contribution < -0.4 is 15.6 Å². The van der Waals surface area contributed by atoms with Crippen molar-refractivity contribution < 1.29 is 9.53 Å². The van der Waals surface area contributed by atoms with E-state index >= 15 is 0 Å². The molecule has 29 heavy (non-hydrogen) atoms. The number of likely N-dealkylation sites (tertiary alicyclic amines) is 1. The van der Waals surface area contributed by atoms with Crippen molar-refractivity contribution in [2.24, 2.45) is 0 Å². The van der Waals surface area contributed by atoms with E-state index in [4.69, 9.17) is 27.9 Å². The van der Waals surface area contributed by atoms with Gasteiger partial charge < -0.3 is 15.0 Å². The number of carbonyl (C=O) groups excluding carboxylic acids is 1. The van der Waals surface area contributed by atoms with Crippen LogP contribution in [0.1, 0.15) is 40.0 Å². The molecule has 0 aliphatic carbocycles. The van der Waals surface area contributed by atoms with E-state index in [1.165, 1.54) is 12.8 Å². The number of carbonyl (C=O) groups is 1. The third kappa shape index (κ3) is 5.32. The van der Waals surface area contributed by atoms with Crippen molar-refractivity contribution in [3.8, 4) is 5.75 Å². The molecule has 0 unspecified atom stereocenters. The smallest absolute Gasteiger partial charge is 0.254 e. The predicted octanol–water partition coefficient (Wildman–Crippen LogP) is 3.70. The van der Waals surface area contributed by atoms with Crippen molar-refractivity contribution in [1.29, 1.82) is 0 Å². The van der Waals surface area contributed by atoms with Gasteiger partial charge >= 0.3 is 0 Å². The number of rotatable bonds is 7. The number of hydrogen-bond donors (Lipinski definition) is 2. The number of nitrogens with one attached hydrogen (secondary N) is 2. The van der Waals surface area contributed by atoms with Crippen LogP contribution in [0.25, 0.3) is 0 Å². The Bertz CT molecular complexity index is 953. The van der Waals surface area contributed by atoms with E-state index in [0.717, 1.165) is 30.9 Å². The molecule has 1 amide bonds. The molecule has 1 aromatic carbocycles. The van der Waals surface area contributed by atoms with Gasteiger partial charge in [0.05, 0.1) is 15.6 Å². The Morgan fingerprint density at radius 2 is 1.97 bits per heavy atom. The largest absolute Gasteiger partial charge is 0.491 e.